The summed E-state index contributed by atoms with van der Waals surface area (Å²) in [6.07, 6.45) is -4.47. The van der Waals surface area contributed by atoms with Gasteiger partial charge in [0.15, 0.2) is 0 Å². The SMILES string of the molecule is COc1ccc(S(=O)(=O)NCc2cccc(C(F)(F)F)c2)c(C)c1C. The third-order valence-electron chi connectivity index (χ3n) is 3.92. The number of sulfonamides is 1. The maximum Gasteiger partial charge on any atom is 0.416 e. The van der Waals surface area contributed by atoms with Gasteiger partial charge < -0.3 is 4.74 Å². The van der Waals surface area contributed by atoms with Crippen LogP contribution in [0.15, 0.2) is 41.3 Å². The van der Waals surface area contributed by atoms with Gasteiger partial charge in [0.1, 0.15) is 5.75 Å². The van der Waals surface area contributed by atoms with Crippen molar-refractivity contribution < 1.29 is 26.3 Å². The molecule has 0 saturated carbocycles. The van der Waals surface area contributed by atoms with Crippen LogP contribution >= 0.6 is 0 Å². The van der Waals surface area contributed by atoms with Crippen molar-refractivity contribution in [3.05, 3.63) is 58.7 Å². The summed E-state index contributed by atoms with van der Waals surface area (Å²) in [6.45, 7) is 3.15. The average molecular weight is 373 g/mol. The number of rotatable bonds is 5. The molecule has 0 saturated heterocycles. The van der Waals surface area contributed by atoms with Crippen LogP contribution in [0.1, 0.15) is 22.3 Å². The second-order valence-corrected chi connectivity index (χ2v) is 7.27. The largest absolute Gasteiger partial charge is 0.496 e. The van der Waals surface area contributed by atoms with Crippen molar-refractivity contribution in [2.75, 3.05) is 7.11 Å². The van der Waals surface area contributed by atoms with E-state index in [0.717, 1.165) is 12.1 Å². The first-order valence-electron chi connectivity index (χ1n) is 7.36. The standard InChI is InChI=1S/C17H18F3NO3S/c1-11-12(2)16(8-7-15(11)24-3)25(22,23)21-10-13-5-4-6-14(9-13)17(18,19)20/h4-9,21H,10H2,1-3H3. The quantitative estimate of drug-likeness (QED) is 0.867. The molecule has 0 radical (unpaired) electrons. The third kappa shape index (κ3) is 4.32. The van der Waals surface area contributed by atoms with Crippen LogP contribution in [0.4, 0.5) is 13.2 Å². The summed E-state index contributed by atoms with van der Waals surface area (Å²) in [4.78, 5) is 0.0674. The summed E-state index contributed by atoms with van der Waals surface area (Å²) in [5, 5.41) is 0. The van der Waals surface area contributed by atoms with Gasteiger partial charge in [0.25, 0.3) is 0 Å². The van der Waals surface area contributed by atoms with Gasteiger partial charge >= 0.3 is 6.18 Å². The fraction of sp³-hybridized carbons (Fsp3) is 0.294. The predicted molar refractivity (Wildman–Crippen MR) is 87.9 cm³/mol. The van der Waals surface area contributed by atoms with Crippen molar-refractivity contribution >= 4 is 10.0 Å². The molecular formula is C17H18F3NO3S. The molecule has 0 aromatic heterocycles. The summed E-state index contributed by atoms with van der Waals surface area (Å²) >= 11 is 0. The molecule has 2 aromatic rings. The zero-order valence-electron chi connectivity index (χ0n) is 13.9. The normalized spacial score (nSPS) is 12.2. The number of methoxy groups -OCH3 is 1. The molecule has 2 rings (SSSR count). The monoisotopic (exact) mass is 373 g/mol. The van der Waals surface area contributed by atoms with Gasteiger partial charge in [-0.2, -0.15) is 13.2 Å². The van der Waals surface area contributed by atoms with Crippen LogP contribution in [0.25, 0.3) is 0 Å². The molecule has 2 aromatic carbocycles. The minimum atomic E-state index is -4.47. The number of hydrogen-bond acceptors (Lipinski definition) is 3. The van der Waals surface area contributed by atoms with E-state index in [0.29, 0.717) is 16.9 Å². The zero-order valence-corrected chi connectivity index (χ0v) is 14.8. The van der Waals surface area contributed by atoms with Gasteiger partial charge in [0, 0.05) is 6.54 Å². The van der Waals surface area contributed by atoms with Crippen LogP contribution in [-0.4, -0.2) is 15.5 Å². The van der Waals surface area contributed by atoms with E-state index >= 15 is 0 Å². The Bertz CT molecular complexity index is 877. The Morgan fingerprint density at radius 1 is 1.08 bits per heavy atom. The molecule has 25 heavy (non-hydrogen) atoms. The van der Waals surface area contributed by atoms with E-state index in [1.54, 1.807) is 19.9 Å². The van der Waals surface area contributed by atoms with Gasteiger partial charge in [-0.05, 0) is 48.7 Å². The molecule has 0 bridgehead atoms. The molecule has 0 amide bonds. The van der Waals surface area contributed by atoms with Crippen LogP contribution in [-0.2, 0) is 22.7 Å². The van der Waals surface area contributed by atoms with Crippen LogP contribution in [0.5, 0.6) is 5.75 Å². The van der Waals surface area contributed by atoms with Crippen LogP contribution < -0.4 is 9.46 Å². The lowest BCUT2D eigenvalue weighted by atomic mass is 10.1. The van der Waals surface area contributed by atoms with Gasteiger partial charge in [0.05, 0.1) is 17.6 Å². The highest BCUT2D eigenvalue weighted by Crippen LogP contribution is 2.30. The van der Waals surface area contributed by atoms with Gasteiger partial charge in [0.2, 0.25) is 10.0 Å². The minimum absolute atomic E-state index is 0.0674. The van der Waals surface area contributed by atoms with Gasteiger partial charge in [-0.3, -0.25) is 0 Å². The second-order valence-electron chi connectivity index (χ2n) is 5.54. The maximum atomic E-state index is 12.7. The molecular weight excluding hydrogens is 355 g/mol. The smallest absolute Gasteiger partial charge is 0.416 e. The first-order valence-corrected chi connectivity index (χ1v) is 8.84. The number of ether oxygens (including phenoxy) is 1. The van der Waals surface area contributed by atoms with Crippen LogP contribution in [0.3, 0.4) is 0 Å². The Hall–Kier alpha value is -2.06. The molecule has 8 heteroatoms. The first kappa shape index (κ1) is 19.3. The predicted octanol–water partition coefficient (Wildman–Crippen LogP) is 3.81. The zero-order chi connectivity index (χ0) is 18.8. The lowest BCUT2D eigenvalue weighted by Gasteiger charge is -2.14. The maximum absolute atomic E-state index is 12.7. The molecule has 0 aliphatic carbocycles. The lowest BCUT2D eigenvalue weighted by Crippen LogP contribution is -2.24. The molecule has 0 unspecified atom stereocenters. The third-order valence-corrected chi connectivity index (χ3v) is 5.46. The lowest BCUT2D eigenvalue weighted by molar-refractivity contribution is -0.137. The highest BCUT2D eigenvalue weighted by atomic mass is 32.2. The fourth-order valence-corrected chi connectivity index (χ4v) is 3.71. The van der Waals surface area contributed by atoms with Crippen molar-refractivity contribution in [3.63, 3.8) is 0 Å². The van der Waals surface area contributed by atoms with E-state index in [-0.39, 0.29) is 17.0 Å². The molecule has 1 N–H and O–H groups in total. The molecule has 0 heterocycles. The summed E-state index contributed by atoms with van der Waals surface area (Å²) < 4.78 is 70.6. The van der Waals surface area contributed by atoms with E-state index in [2.05, 4.69) is 4.72 Å². The van der Waals surface area contributed by atoms with Crippen molar-refractivity contribution in [3.8, 4) is 5.75 Å². The van der Waals surface area contributed by atoms with Gasteiger partial charge in [-0.1, -0.05) is 18.2 Å². The Kier molecular flexibility index (Phi) is 5.43. The van der Waals surface area contributed by atoms with Crippen LogP contribution in [0.2, 0.25) is 0 Å². The Balaban J connectivity index is 2.25. The van der Waals surface area contributed by atoms with Crippen LogP contribution in [0, 0.1) is 13.8 Å². The summed E-state index contributed by atoms with van der Waals surface area (Å²) in [6, 6.07) is 7.50. The highest BCUT2D eigenvalue weighted by molar-refractivity contribution is 7.89. The van der Waals surface area contributed by atoms with E-state index in [1.807, 2.05) is 0 Å². The van der Waals surface area contributed by atoms with Crippen molar-refractivity contribution in [1.82, 2.24) is 4.72 Å². The van der Waals surface area contributed by atoms with E-state index in [4.69, 9.17) is 4.74 Å². The number of benzene rings is 2. The summed E-state index contributed by atoms with van der Waals surface area (Å²) in [5.41, 5.74) is 0.613. The van der Waals surface area contributed by atoms with E-state index in [1.165, 1.54) is 25.3 Å². The van der Waals surface area contributed by atoms with Crippen molar-refractivity contribution in [1.29, 1.82) is 0 Å². The molecule has 0 aliphatic rings. The number of alkyl halides is 3. The summed E-state index contributed by atoms with van der Waals surface area (Å²) in [7, 11) is -2.38. The van der Waals surface area contributed by atoms with E-state index < -0.39 is 21.8 Å². The Morgan fingerprint density at radius 3 is 2.36 bits per heavy atom. The van der Waals surface area contributed by atoms with E-state index in [9.17, 15) is 21.6 Å². The highest BCUT2D eigenvalue weighted by Gasteiger charge is 2.30. The first-order chi connectivity index (χ1) is 11.6. The Labute approximate surface area is 144 Å². The topological polar surface area (TPSA) is 55.4 Å². The molecule has 0 spiro atoms. The molecule has 0 aliphatic heterocycles. The number of hydrogen-bond donors (Lipinski definition) is 1. The molecule has 136 valence electrons. The molecule has 0 atom stereocenters. The van der Waals surface area contributed by atoms with Gasteiger partial charge in [-0.25, -0.2) is 13.1 Å². The molecule has 4 nitrogen and oxygen atoms in total. The van der Waals surface area contributed by atoms with Gasteiger partial charge in [-0.15, -0.1) is 0 Å². The molecule has 0 fully saturated rings. The minimum Gasteiger partial charge on any atom is -0.496 e. The number of nitrogens with one attached hydrogen (secondary N) is 1. The van der Waals surface area contributed by atoms with Crippen molar-refractivity contribution in [2.24, 2.45) is 0 Å². The number of halogens is 3. The van der Waals surface area contributed by atoms with Crippen molar-refractivity contribution in [2.45, 2.75) is 31.5 Å². The summed E-state index contributed by atoms with van der Waals surface area (Å²) in [5.74, 6) is 0.564. The fourth-order valence-electron chi connectivity index (χ4n) is 2.40. The second kappa shape index (κ2) is 7.05. The average Bonchev–Trinajstić information content (AvgIpc) is 2.55. The Morgan fingerprint density at radius 2 is 1.76 bits per heavy atom.